The minimum Gasteiger partial charge on any atom is -0.545 e. The number of benzene rings is 8. The molecule has 96 heavy (non-hydrogen) atoms. The Morgan fingerprint density at radius 3 is 1.11 bits per heavy atom. The normalized spacial score (nSPS) is 10.8. The fourth-order valence-corrected chi connectivity index (χ4v) is 9.99. The van der Waals surface area contributed by atoms with Gasteiger partial charge in [0, 0.05) is 63.9 Å². The Bertz CT molecular complexity index is 4620. The Balaban J connectivity index is 0.000000184. The molecule has 11 aromatic rings. The summed E-state index contributed by atoms with van der Waals surface area (Å²) in [6.45, 7) is 12.8. The number of phenolic OH excluding ortho intramolecular Hbond substituents is 1. The number of pyridine rings is 3. The average Bonchev–Trinajstić information content (AvgIpc) is 0.846. The summed E-state index contributed by atoms with van der Waals surface area (Å²) in [7, 11) is 0. The van der Waals surface area contributed by atoms with Gasteiger partial charge in [0.2, 0.25) is 0 Å². The molecular weight excluding hydrogens is 1280 g/mol. The van der Waals surface area contributed by atoms with Crippen LogP contribution in [0.4, 0.5) is 17.1 Å². The van der Waals surface area contributed by atoms with Crippen molar-refractivity contribution in [2.75, 3.05) is 16.0 Å². The monoisotopic (exact) mass is 1350 g/mol. The third-order valence-corrected chi connectivity index (χ3v) is 14.6. The molecule has 3 heterocycles. The Hall–Kier alpha value is -10.7. The summed E-state index contributed by atoms with van der Waals surface area (Å²) in [4.78, 5) is 88.6. The van der Waals surface area contributed by atoms with Crippen LogP contribution in [0.25, 0.3) is 55.6 Å². The van der Waals surface area contributed by atoms with Gasteiger partial charge in [0.1, 0.15) is 17.0 Å². The Morgan fingerprint density at radius 2 is 0.729 bits per heavy atom. The topological polar surface area (TPSA) is 239 Å². The van der Waals surface area contributed by atoms with E-state index in [1.54, 1.807) is 112 Å². The average molecular weight is 1350 g/mol. The number of nitrogens with one attached hydrogen (secondary N) is 3. The number of rotatable bonds is 14. The number of anilines is 3. The van der Waals surface area contributed by atoms with Crippen molar-refractivity contribution in [3.05, 3.63) is 293 Å². The number of aromatic hydroxyl groups is 1. The number of carboxylic acids is 1. The number of aromatic nitrogens is 3. The van der Waals surface area contributed by atoms with Crippen LogP contribution in [0.2, 0.25) is 0 Å². The zero-order chi connectivity index (χ0) is 67.8. The summed E-state index contributed by atoms with van der Waals surface area (Å²) in [5, 5.41) is 29.7. The Labute approximate surface area is 587 Å². The first-order chi connectivity index (χ1) is 45.4. The maximum Gasteiger partial charge on any atom is 1.00 e. The van der Waals surface area contributed by atoms with Gasteiger partial charge >= 0.3 is 41.5 Å². The van der Waals surface area contributed by atoms with Gasteiger partial charge in [0.05, 0.1) is 50.8 Å². The number of aryl methyl sites for hydroxylation is 1. The number of aromatic carboxylic acids is 1. The first-order valence-electron chi connectivity index (χ1n) is 30.0. The minimum absolute atomic E-state index is 0. The van der Waals surface area contributed by atoms with E-state index in [4.69, 9.17) is 9.47 Å². The van der Waals surface area contributed by atoms with E-state index in [1.165, 1.54) is 36.8 Å². The van der Waals surface area contributed by atoms with E-state index in [1.807, 2.05) is 143 Å². The molecule has 0 aliphatic carbocycles. The molecule has 0 atom stereocenters. The second-order valence-corrected chi connectivity index (χ2v) is 24.7. The van der Waals surface area contributed by atoms with Crippen molar-refractivity contribution in [2.24, 2.45) is 0 Å². The molecule has 3 aromatic heterocycles. The van der Waals surface area contributed by atoms with Gasteiger partial charge < -0.3 is 40.4 Å². The minimum atomic E-state index is -1.41. The molecule has 0 aliphatic heterocycles. The number of esters is 2. The number of hydrogen-bond acceptors (Lipinski definition) is 13. The van der Waals surface area contributed by atoms with E-state index in [0.29, 0.717) is 33.6 Å². The van der Waals surface area contributed by atoms with Gasteiger partial charge in [0.25, 0.3) is 17.7 Å². The number of carbonyl (C=O) groups is 6. The predicted molar refractivity (Wildman–Crippen MR) is 372 cm³/mol. The molecule has 0 aliphatic rings. The molecule has 16 nitrogen and oxygen atoms in total. The van der Waals surface area contributed by atoms with E-state index in [0.717, 1.165) is 54.5 Å². The van der Waals surface area contributed by atoms with Crippen molar-refractivity contribution < 1.29 is 78.0 Å². The Kier molecular flexibility index (Phi) is 24.0. The van der Waals surface area contributed by atoms with Crippen LogP contribution in [0.3, 0.4) is 0 Å². The van der Waals surface area contributed by atoms with Crippen molar-refractivity contribution in [3.63, 3.8) is 0 Å². The van der Waals surface area contributed by atoms with E-state index in [2.05, 4.69) is 52.9 Å². The van der Waals surface area contributed by atoms with E-state index in [9.17, 15) is 39.0 Å². The van der Waals surface area contributed by atoms with E-state index >= 15 is 0 Å². The molecule has 0 radical (unpaired) electrons. The summed E-state index contributed by atoms with van der Waals surface area (Å²) >= 11 is 3.38. The largest absolute Gasteiger partial charge is 1.00 e. The van der Waals surface area contributed by atoms with Crippen LogP contribution in [0.15, 0.2) is 254 Å². The number of carboxylic acid groups (broad SMARTS) is 1. The number of ether oxygens (including phenoxy) is 2. The molecule has 0 saturated heterocycles. The van der Waals surface area contributed by atoms with Gasteiger partial charge in [0.15, 0.2) is 0 Å². The third kappa shape index (κ3) is 19.9. The van der Waals surface area contributed by atoms with Crippen molar-refractivity contribution in [1.29, 1.82) is 0 Å². The predicted octanol–water partition coefficient (Wildman–Crippen LogP) is 13.4. The maximum absolute atomic E-state index is 13.3. The van der Waals surface area contributed by atoms with Crippen LogP contribution in [0, 0.1) is 6.92 Å². The van der Waals surface area contributed by atoms with Crippen molar-refractivity contribution >= 4 is 68.6 Å². The molecule has 3 amide bonds. The second-order valence-electron chi connectivity index (χ2n) is 23.8. The quantitative estimate of drug-likeness (QED) is 0.0586. The summed E-state index contributed by atoms with van der Waals surface area (Å²) in [5.74, 6) is -3.55. The fraction of sp³-hybridized carbons (Fsp3) is 0.115. The SMILES string of the molecule is CC(C)(C)OC(=O)c1ccc(Br)cc1NC(=O)c1cncc(-c2ccccc2)c1.Cc1cccc(-c2ccc(C(=O)OC(C)(C)C)c(NC(=O)c3cncc(-c4ccccc4)c3)c2)c1.O=C(Nc1cc(-c2cccc(O)c2)ccc1C(=O)[O-])c1cncc(-c2ccccc2)c1.[Na+]. The van der Waals surface area contributed by atoms with Gasteiger partial charge in [-0.1, -0.05) is 167 Å². The molecular formula is C78H66BrN6NaO10. The van der Waals surface area contributed by atoms with E-state index < -0.39 is 35.0 Å². The standard InChI is InChI=1S/C30H28N2O3.C25H18N2O4.C23H21BrN2O3.Na/c1-20-9-8-12-22(15-20)23-13-14-26(29(34)35-30(2,3)4)27(17-23)32-28(33)25-16-24(18-31-19-25)21-10-6-5-7-11-21;28-21-8-4-7-17(12-21)18-9-10-22(25(30)31)23(13-18)27-24(29)20-11-19(14-26-15-20)16-5-2-1-3-6-16;1-23(2,3)29-22(28)19-10-9-18(24)12-20(19)26-21(27)17-11-16(13-25-14-17)15-7-5-4-6-8-15;/h5-19H,1-4H3,(H,32,33);1-15,28H,(H,27,29)(H,30,31);4-14H,1-3H3,(H,26,27);/q;;;+1/p-1. The molecule has 476 valence electrons. The number of hydrogen-bond donors (Lipinski definition) is 4. The zero-order valence-electron chi connectivity index (χ0n) is 54.0. The van der Waals surface area contributed by atoms with Crippen LogP contribution in [-0.2, 0) is 9.47 Å². The van der Waals surface area contributed by atoms with Gasteiger partial charge in [-0.05, 0) is 154 Å². The smallest absolute Gasteiger partial charge is 0.545 e. The first-order valence-corrected chi connectivity index (χ1v) is 30.8. The van der Waals surface area contributed by atoms with Crippen molar-refractivity contribution in [2.45, 2.75) is 59.7 Å². The first kappa shape index (κ1) is 71.2. The third-order valence-electron chi connectivity index (χ3n) is 14.1. The molecule has 4 N–H and O–H groups in total. The summed E-state index contributed by atoms with van der Waals surface area (Å²) in [5.41, 5.74) is 10.6. The molecule has 0 spiro atoms. The van der Waals surface area contributed by atoms with Crippen LogP contribution in [-0.4, -0.2) is 66.9 Å². The number of phenols is 1. The Morgan fingerprint density at radius 1 is 0.385 bits per heavy atom. The van der Waals surface area contributed by atoms with Gasteiger partial charge in [-0.25, -0.2) is 9.59 Å². The molecule has 11 rings (SSSR count). The second kappa shape index (κ2) is 32.4. The van der Waals surface area contributed by atoms with Crippen LogP contribution in [0.1, 0.15) is 109 Å². The summed E-state index contributed by atoms with van der Waals surface area (Å²) < 4.78 is 11.8. The van der Waals surface area contributed by atoms with Gasteiger partial charge in [-0.15, -0.1) is 0 Å². The van der Waals surface area contributed by atoms with E-state index in [-0.39, 0.29) is 75.1 Å². The number of halogens is 1. The zero-order valence-corrected chi connectivity index (χ0v) is 57.6. The number of amides is 3. The summed E-state index contributed by atoms with van der Waals surface area (Å²) in [6, 6.07) is 63.6. The van der Waals surface area contributed by atoms with Crippen LogP contribution >= 0.6 is 15.9 Å². The molecule has 0 bridgehead atoms. The maximum atomic E-state index is 13.3. The van der Waals surface area contributed by atoms with Gasteiger partial charge in [-0.2, -0.15) is 0 Å². The van der Waals surface area contributed by atoms with Crippen molar-refractivity contribution in [3.8, 4) is 61.4 Å². The molecule has 0 saturated carbocycles. The van der Waals surface area contributed by atoms with Crippen LogP contribution in [0.5, 0.6) is 5.75 Å². The molecule has 18 heteroatoms. The molecule has 0 fully saturated rings. The summed E-state index contributed by atoms with van der Waals surface area (Å²) in [6.07, 6.45) is 9.50. The number of carbonyl (C=O) groups excluding carboxylic acids is 6. The number of nitrogens with zero attached hydrogens (tertiary/aromatic N) is 3. The molecule has 0 unspecified atom stereocenters. The molecule has 8 aromatic carbocycles. The van der Waals surface area contributed by atoms with Crippen LogP contribution < -0.4 is 50.6 Å². The fourth-order valence-electron chi connectivity index (χ4n) is 9.63. The van der Waals surface area contributed by atoms with Crippen molar-refractivity contribution in [1.82, 2.24) is 15.0 Å². The van der Waals surface area contributed by atoms with Gasteiger partial charge in [-0.3, -0.25) is 29.3 Å².